The molecule has 3 rings (SSSR count). The molecule has 0 aliphatic rings. The molecule has 0 bridgehead atoms. The molecule has 1 heterocycles. The SMILES string of the molecule is Cc1ccc(-n2c(C)c(Br)c(/C=N\NC(=O)[C@H](C)Sc3ccc(Cl)cc3)c2C)cc1. The van der Waals surface area contributed by atoms with Crippen LogP contribution in [-0.2, 0) is 4.79 Å². The molecule has 0 aliphatic heterocycles. The number of hydrogen-bond donors (Lipinski definition) is 1. The smallest absolute Gasteiger partial charge is 0.253 e. The van der Waals surface area contributed by atoms with Gasteiger partial charge in [-0.1, -0.05) is 29.3 Å². The number of rotatable bonds is 6. The molecule has 0 spiro atoms. The predicted molar refractivity (Wildman–Crippen MR) is 130 cm³/mol. The Morgan fingerprint density at radius 2 is 1.73 bits per heavy atom. The van der Waals surface area contributed by atoms with E-state index >= 15 is 0 Å². The van der Waals surface area contributed by atoms with Crippen LogP contribution in [0, 0.1) is 20.8 Å². The number of thioether (sulfide) groups is 1. The van der Waals surface area contributed by atoms with Crippen molar-refractivity contribution in [3.63, 3.8) is 0 Å². The highest BCUT2D eigenvalue weighted by molar-refractivity contribution is 9.10. The summed E-state index contributed by atoms with van der Waals surface area (Å²) < 4.78 is 3.13. The Hall–Kier alpha value is -2.02. The predicted octanol–water partition coefficient (Wildman–Crippen LogP) is 6.45. The van der Waals surface area contributed by atoms with Crippen LogP contribution in [-0.4, -0.2) is 21.9 Å². The summed E-state index contributed by atoms with van der Waals surface area (Å²) in [5.41, 5.74) is 8.02. The van der Waals surface area contributed by atoms with Gasteiger partial charge < -0.3 is 4.57 Å². The number of amides is 1. The van der Waals surface area contributed by atoms with Crippen molar-refractivity contribution in [2.45, 2.75) is 37.8 Å². The molecule has 0 radical (unpaired) electrons. The van der Waals surface area contributed by atoms with Crippen molar-refractivity contribution in [1.82, 2.24) is 9.99 Å². The molecule has 0 aliphatic carbocycles. The molecule has 0 unspecified atom stereocenters. The first-order chi connectivity index (χ1) is 14.3. The van der Waals surface area contributed by atoms with Crippen LogP contribution in [0.3, 0.4) is 0 Å². The molecule has 1 aromatic heterocycles. The van der Waals surface area contributed by atoms with Gasteiger partial charge in [-0.05, 0) is 80.0 Å². The zero-order valence-corrected chi connectivity index (χ0v) is 20.4. The Balaban J connectivity index is 1.71. The van der Waals surface area contributed by atoms with Gasteiger partial charge in [0.1, 0.15) is 0 Å². The summed E-state index contributed by atoms with van der Waals surface area (Å²) in [7, 11) is 0. The van der Waals surface area contributed by atoms with Crippen molar-refractivity contribution in [2.24, 2.45) is 5.10 Å². The van der Waals surface area contributed by atoms with Crippen LogP contribution in [0.25, 0.3) is 5.69 Å². The van der Waals surface area contributed by atoms with Gasteiger partial charge in [0.25, 0.3) is 5.91 Å². The molecule has 0 saturated heterocycles. The molecule has 7 heteroatoms. The Morgan fingerprint density at radius 3 is 2.37 bits per heavy atom. The summed E-state index contributed by atoms with van der Waals surface area (Å²) >= 11 is 11.0. The average Bonchev–Trinajstić information content (AvgIpc) is 2.93. The van der Waals surface area contributed by atoms with Crippen molar-refractivity contribution < 1.29 is 4.79 Å². The number of aromatic nitrogens is 1. The molecule has 1 N–H and O–H groups in total. The summed E-state index contributed by atoms with van der Waals surface area (Å²) in [6.07, 6.45) is 1.69. The van der Waals surface area contributed by atoms with Crippen LogP contribution >= 0.6 is 39.3 Å². The molecule has 30 heavy (non-hydrogen) atoms. The fourth-order valence-corrected chi connectivity index (χ4v) is 4.63. The van der Waals surface area contributed by atoms with Gasteiger partial charge in [0.2, 0.25) is 0 Å². The lowest BCUT2D eigenvalue weighted by molar-refractivity contribution is -0.120. The minimum absolute atomic E-state index is 0.158. The lowest BCUT2D eigenvalue weighted by Crippen LogP contribution is -2.26. The van der Waals surface area contributed by atoms with E-state index in [0.29, 0.717) is 5.02 Å². The maximum absolute atomic E-state index is 12.4. The van der Waals surface area contributed by atoms with Crippen LogP contribution in [0.4, 0.5) is 0 Å². The molecule has 156 valence electrons. The highest BCUT2D eigenvalue weighted by atomic mass is 79.9. The number of nitrogens with one attached hydrogen (secondary N) is 1. The number of aryl methyl sites for hydroxylation is 1. The number of hydrazone groups is 1. The topological polar surface area (TPSA) is 46.4 Å². The van der Waals surface area contributed by atoms with Gasteiger partial charge in [-0.25, -0.2) is 5.43 Å². The standard InChI is InChI=1S/C23H23BrClN3OS/c1-14-5-9-19(10-6-14)28-15(2)21(22(24)16(28)3)13-26-27-23(29)17(4)30-20-11-7-18(25)8-12-20/h5-13,17H,1-4H3,(H,27,29)/b26-13-/t17-/m0/s1. The third kappa shape index (κ3) is 5.17. The van der Waals surface area contributed by atoms with E-state index in [4.69, 9.17) is 11.6 Å². The second-order valence-electron chi connectivity index (χ2n) is 7.02. The quantitative estimate of drug-likeness (QED) is 0.238. The first kappa shape index (κ1) is 22.7. The fraction of sp³-hybridized carbons (Fsp3) is 0.217. The van der Waals surface area contributed by atoms with Gasteiger partial charge >= 0.3 is 0 Å². The van der Waals surface area contributed by atoms with Gasteiger partial charge in [0, 0.05) is 37.0 Å². The molecular weight excluding hydrogens is 482 g/mol. The zero-order valence-electron chi connectivity index (χ0n) is 17.2. The van der Waals surface area contributed by atoms with E-state index < -0.39 is 0 Å². The second-order valence-corrected chi connectivity index (χ2v) is 9.66. The fourth-order valence-electron chi connectivity index (χ4n) is 3.08. The number of benzene rings is 2. The third-order valence-electron chi connectivity index (χ3n) is 4.77. The van der Waals surface area contributed by atoms with Crippen molar-refractivity contribution in [3.8, 4) is 5.69 Å². The molecule has 1 atom stereocenters. The molecular formula is C23H23BrClN3OS. The lowest BCUT2D eigenvalue weighted by Gasteiger charge is -2.10. The van der Waals surface area contributed by atoms with E-state index in [9.17, 15) is 4.79 Å². The molecule has 0 saturated carbocycles. The Morgan fingerprint density at radius 1 is 1.10 bits per heavy atom. The summed E-state index contributed by atoms with van der Waals surface area (Å²) in [6.45, 7) is 8.02. The number of carbonyl (C=O) groups excluding carboxylic acids is 1. The van der Waals surface area contributed by atoms with Crippen LogP contribution in [0.1, 0.15) is 29.4 Å². The maximum Gasteiger partial charge on any atom is 0.253 e. The van der Waals surface area contributed by atoms with Crippen molar-refractivity contribution in [3.05, 3.63) is 80.5 Å². The average molecular weight is 505 g/mol. The number of carbonyl (C=O) groups is 1. The van der Waals surface area contributed by atoms with E-state index in [-0.39, 0.29) is 11.2 Å². The van der Waals surface area contributed by atoms with E-state index in [1.165, 1.54) is 17.3 Å². The van der Waals surface area contributed by atoms with Gasteiger partial charge in [-0.15, -0.1) is 11.8 Å². The highest BCUT2D eigenvalue weighted by Gasteiger charge is 2.17. The van der Waals surface area contributed by atoms with Crippen molar-refractivity contribution in [2.75, 3.05) is 0 Å². The summed E-state index contributed by atoms with van der Waals surface area (Å²) in [5, 5.41) is 4.59. The highest BCUT2D eigenvalue weighted by Crippen LogP contribution is 2.29. The molecule has 0 fully saturated rings. The number of halogens is 2. The largest absolute Gasteiger partial charge is 0.317 e. The van der Waals surface area contributed by atoms with Crippen LogP contribution in [0.2, 0.25) is 5.02 Å². The van der Waals surface area contributed by atoms with Gasteiger partial charge in [0.15, 0.2) is 0 Å². The molecule has 1 amide bonds. The van der Waals surface area contributed by atoms with Crippen molar-refractivity contribution in [1.29, 1.82) is 0 Å². The second kappa shape index (κ2) is 9.86. The van der Waals surface area contributed by atoms with E-state index in [0.717, 1.165) is 32.0 Å². The molecule has 3 aromatic rings. The molecule has 2 aromatic carbocycles. The summed E-state index contributed by atoms with van der Waals surface area (Å²) in [6, 6.07) is 15.8. The Labute approximate surface area is 194 Å². The number of nitrogens with zero attached hydrogens (tertiary/aromatic N) is 2. The zero-order chi connectivity index (χ0) is 21.8. The number of hydrogen-bond acceptors (Lipinski definition) is 3. The van der Waals surface area contributed by atoms with Crippen LogP contribution < -0.4 is 5.43 Å². The van der Waals surface area contributed by atoms with Gasteiger partial charge in [-0.3, -0.25) is 4.79 Å². The molecule has 4 nitrogen and oxygen atoms in total. The summed E-state index contributed by atoms with van der Waals surface area (Å²) in [5.74, 6) is -0.158. The Kier molecular flexibility index (Phi) is 7.45. The third-order valence-corrected chi connectivity index (χ3v) is 7.14. The van der Waals surface area contributed by atoms with Crippen LogP contribution in [0.15, 0.2) is 63.0 Å². The van der Waals surface area contributed by atoms with E-state index in [2.05, 4.69) is 69.1 Å². The summed E-state index contributed by atoms with van der Waals surface area (Å²) in [4.78, 5) is 13.4. The monoisotopic (exact) mass is 503 g/mol. The Bertz CT molecular complexity index is 1080. The minimum atomic E-state index is -0.285. The van der Waals surface area contributed by atoms with Crippen LogP contribution in [0.5, 0.6) is 0 Å². The van der Waals surface area contributed by atoms with Crippen molar-refractivity contribution >= 4 is 51.4 Å². The van der Waals surface area contributed by atoms with Gasteiger partial charge in [0.05, 0.1) is 11.5 Å². The van der Waals surface area contributed by atoms with E-state index in [1.54, 1.807) is 6.21 Å². The van der Waals surface area contributed by atoms with E-state index in [1.807, 2.05) is 38.1 Å². The van der Waals surface area contributed by atoms with Gasteiger partial charge in [-0.2, -0.15) is 5.10 Å². The lowest BCUT2D eigenvalue weighted by atomic mass is 10.2. The normalized spacial score (nSPS) is 12.3. The first-order valence-electron chi connectivity index (χ1n) is 9.47. The minimum Gasteiger partial charge on any atom is -0.317 e. The maximum atomic E-state index is 12.4. The first-order valence-corrected chi connectivity index (χ1v) is 11.5.